The lowest BCUT2D eigenvalue weighted by molar-refractivity contribution is 0.912. The average Bonchev–Trinajstić information content (AvgIpc) is 2.18. The van der Waals surface area contributed by atoms with Crippen molar-refractivity contribution >= 4 is 39.3 Å². The number of rotatable bonds is 4. The maximum atomic E-state index is 8.95. The predicted molar refractivity (Wildman–Crippen MR) is 69.5 cm³/mol. The Labute approximate surface area is 108 Å². The van der Waals surface area contributed by atoms with Gasteiger partial charge in [0.15, 0.2) is 0 Å². The molecule has 0 aliphatic rings. The van der Waals surface area contributed by atoms with E-state index in [1.165, 1.54) is 0 Å². The highest BCUT2D eigenvalue weighted by Crippen LogP contribution is 2.30. The van der Waals surface area contributed by atoms with Gasteiger partial charge in [-0.2, -0.15) is 5.26 Å². The highest BCUT2D eigenvalue weighted by atomic mass is 79.9. The number of thioether (sulfide) groups is 1. The summed E-state index contributed by atoms with van der Waals surface area (Å²) < 4.78 is 1.00. The summed E-state index contributed by atoms with van der Waals surface area (Å²) in [6.45, 7) is 2.12. The van der Waals surface area contributed by atoms with E-state index in [1.54, 1.807) is 11.8 Å². The lowest BCUT2D eigenvalue weighted by Gasteiger charge is -2.10. The number of benzene rings is 1. The van der Waals surface area contributed by atoms with Crippen LogP contribution in [0.5, 0.6) is 0 Å². The van der Waals surface area contributed by atoms with E-state index in [4.69, 9.17) is 16.9 Å². The number of nitriles is 1. The molecule has 0 heterocycles. The molecule has 0 saturated carbocycles. The van der Waals surface area contributed by atoms with E-state index >= 15 is 0 Å². The maximum absolute atomic E-state index is 8.95. The van der Waals surface area contributed by atoms with Crippen LogP contribution in [0.15, 0.2) is 27.6 Å². The van der Waals surface area contributed by atoms with Crippen LogP contribution in [0.2, 0.25) is 0 Å². The van der Waals surface area contributed by atoms with Crippen LogP contribution in [-0.2, 0) is 0 Å². The van der Waals surface area contributed by atoms with Crippen molar-refractivity contribution in [2.24, 2.45) is 0 Å². The number of alkyl halides is 1. The predicted octanol–water partition coefficient (Wildman–Crippen LogP) is 4.43. The molecular formula is C11H11BrClNS. The van der Waals surface area contributed by atoms with Crippen LogP contribution in [0.3, 0.4) is 0 Å². The van der Waals surface area contributed by atoms with Crippen molar-refractivity contribution in [1.82, 2.24) is 0 Å². The molecule has 0 fully saturated rings. The summed E-state index contributed by atoms with van der Waals surface area (Å²) in [4.78, 5) is 1.02. The topological polar surface area (TPSA) is 23.8 Å². The first-order valence-electron chi connectivity index (χ1n) is 4.59. The summed E-state index contributed by atoms with van der Waals surface area (Å²) in [5.74, 6) is 0.657. The summed E-state index contributed by atoms with van der Waals surface area (Å²) in [6.07, 6.45) is 0.948. The molecule has 0 N–H and O–H groups in total. The molecule has 15 heavy (non-hydrogen) atoms. The molecule has 1 aromatic rings. The Morgan fingerprint density at radius 1 is 1.60 bits per heavy atom. The van der Waals surface area contributed by atoms with Crippen LogP contribution in [0, 0.1) is 11.3 Å². The third-order valence-electron chi connectivity index (χ3n) is 1.91. The fourth-order valence-corrected chi connectivity index (χ4v) is 3.19. The zero-order chi connectivity index (χ0) is 11.3. The molecule has 0 bridgehead atoms. The Bertz CT molecular complexity index is 375. The van der Waals surface area contributed by atoms with Crippen LogP contribution in [0.4, 0.5) is 0 Å². The molecule has 80 valence electrons. The molecule has 1 nitrogen and oxygen atoms in total. The summed E-state index contributed by atoms with van der Waals surface area (Å²) >= 11 is 10.8. The zero-order valence-electron chi connectivity index (χ0n) is 8.34. The minimum atomic E-state index is 0.434. The van der Waals surface area contributed by atoms with E-state index in [0.717, 1.165) is 21.4 Å². The van der Waals surface area contributed by atoms with Gasteiger partial charge in [-0.25, -0.2) is 0 Å². The van der Waals surface area contributed by atoms with Crippen molar-refractivity contribution in [2.45, 2.75) is 23.5 Å². The van der Waals surface area contributed by atoms with Crippen molar-refractivity contribution in [2.75, 3.05) is 5.88 Å². The first-order valence-corrected chi connectivity index (χ1v) is 6.80. The molecule has 0 amide bonds. The molecule has 4 heteroatoms. The lowest BCUT2D eigenvalue weighted by Crippen LogP contribution is -1.97. The highest BCUT2D eigenvalue weighted by molar-refractivity contribution is 9.10. The van der Waals surface area contributed by atoms with Gasteiger partial charge in [-0.3, -0.25) is 0 Å². The largest absolute Gasteiger partial charge is 0.192 e. The molecule has 0 saturated heterocycles. The third kappa shape index (κ3) is 4.06. The molecule has 1 atom stereocenters. The van der Waals surface area contributed by atoms with Crippen LogP contribution in [0.1, 0.15) is 18.9 Å². The number of nitrogens with zero attached hydrogens (tertiary/aromatic N) is 1. The molecule has 1 aromatic carbocycles. The van der Waals surface area contributed by atoms with Gasteiger partial charge in [-0.1, -0.05) is 22.9 Å². The van der Waals surface area contributed by atoms with E-state index in [-0.39, 0.29) is 0 Å². The maximum Gasteiger partial charge on any atom is 0.100 e. The minimum Gasteiger partial charge on any atom is -0.192 e. The fourth-order valence-electron chi connectivity index (χ4n) is 1.12. The standard InChI is InChI=1S/C11H11BrClNS/c1-8(4-5-13)15-11-6-10(12)3-2-9(11)7-14/h2-3,6,8H,4-5H2,1H3. The monoisotopic (exact) mass is 303 g/mol. The fraction of sp³-hybridized carbons (Fsp3) is 0.364. The Balaban J connectivity index is 2.83. The van der Waals surface area contributed by atoms with Gasteiger partial charge in [0.05, 0.1) is 5.56 Å². The Kier molecular flexibility index (Phi) is 5.52. The van der Waals surface area contributed by atoms with Gasteiger partial charge in [0.1, 0.15) is 6.07 Å². The second-order valence-electron chi connectivity index (χ2n) is 3.16. The third-order valence-corrected chi connectivity index (χ3v) is 3.85. The highest BCUT2D eigenvalue weighted by Gasteiger charge is 2.08. The summed E-state index contributed by atoms with van der Waals surface area (Å²) in [5.41, 5.74) is 0.727. The summed E-state index contributed by atoms with van der Waals surface area (Å²) in [7, 11) is 0. The molecule has 1 rings (SSSR count). The zero-order valence-corrected chi connectivity index (χ0v) is 11.5. The Morgan fingerprint density at radius 3 is 2.93 bits per heavy atom. The average molecular weight is 305 g/mol. The number of halogens is 2. The van der Waals surface area contributed by atoms with Crippen LogP contribution >= 0.6 is 39.3 Å². The van der Waals surface area contributed by atoms with E-state index in [0.29, 0.717) is 11.1 Å². The van der Waals surface area contributed by atoms with Gasteiger partial charge in [-0.15, -0.1) is 23.4 Å². The first-order chi connectivity index (χ1) is 7.17. The van der Waals surface area contributed by atoms with Crippen LogP contribution in [-0.4, -0.2) is 11.1 Å². The second-order valence-corrected chi connectivity index (χ2v) is 5.93. The van der Waals surface area contributed by atoms with Crippen molar-refractivity contribution in [3.63, 3.8) is 0 Å². The van der Waals surface area contributed by atoms with Crippen molar-refractivity contribution in [3.8, 4) is 6.07 Å². The molecule has 0 aromatic heterocycles. The second kappa shape index (κ2) is 6.42. The number of hydrogen-bond donors (Lipinski definition) is 0. The van der Waals surface area contributed by atoms with Gasteiger partial charge < -0.3 is 0 Å². The van der Waals surface area contributed by atoms with Gasteiger partial charge in [0.25, 0.3) is 0 Å². The lowest BCUT2D eigenvalue weighted by atomic mass is 10.2. The Morgan fingerprint density at radius 2 is 2.33 bits per heavy atom. The number of hydrogen-bond acceptors (Lipinski definition) is 2. The van der Waals surface area contributed by atoms with Gasteiger partial charge in [0, 0.05) is 20.5 Å². The van der Waals surface area contributed by atoms with Crippen molar-refractivity contribution < 1.29 is 0 Å². The molecule has 0 aliphatic carbocycles. The van der Waals surface area contributed by atoms with E-state index in [9.17, 15) is 0 Å². The van der Waals surface area contributed by atoms with Crippen LogP contribution < -0.4 is 0 Å². The smallest absolute Gasteiger partial charge is 0.100 e. The van der Waals surface area contributed by atoms with Gasteiger partial charge >= 0.3 is 0 Å². The van der Waals surface area contributed by atoms with Gasteiger partial charge in [0.2, 0.25) is 0 Å². The molecule has 0 spiro atoms. The molecule has 0 aliphatic heterocycles. The van der Waals surface area contributed by atoms with E-state index in [2.05, 4.69) is 28.9 Å². The molecular weight excluding hydrogens is 294 g/mol. The van der Waals surface area contributed by atoms with E-state index < -0.39 is 0 Å². The van der Waals surface area contributed by atoms with Crippen molar-refractivity contribution in [1.29, 1.82) is 5.26 Å². The summed E-state index contributed by atoms with van der Waals surface area (Å²) in [5, 5.41) is 9.38. The SMILES string of the molecule is CC(CCCl)Sc1cc(Br)ccc1C#N. The normalized spacial score (nSPS) is 12.1. The quantitative estimate of drug-likeness (QED) is 0.607. The minimum absolute atomic E-state index is 0.434. The Hall–Kier alpha value is -0.170. The molecule has 1 unspecified atom stereocenters. The first kappa shape index (κ1) is 12.9. The van der Waals surface area contributed by atoms with Crippen molar-refractivity contribution in [3.05, 3.63) is 28.2 Å². The molecule has 0 radical (unpaired) electrons. The van der Waals surface area contributed by atoms with Gasteiger partial charge in [-0.05, 0) is 24.6 Å². The summed E-state index contributed by atoms with van der Waals surface area (Å²) in [6, 6.07) is 7.89. The van der Waals surface area contributed by atoms with E-state index in [1.807, 2.05) is 18.2 Å². The van der Waals surface area contributed by atoms with Crippen LogP contribution in [0.25, 0.3) is 0 Å².